The molecule has 86 valence electrons. The van der Waals surface area contributed by atoms with Crippen molar-refractivity contribution >= 4 is 0 Å². The summed E-state index contributed by atoms with van der Waals surface area (Å²) in [5.74, 6) is 0.925. The van der Waals surface area contributed by atoms with Gasteiger partial charge in [0.25, 0.3) is 0 Å². The molecule has 0 spiro atoms. The minimum Gasteiger partial charge on any atom is -0.0651 e. The van der Waals surface area contributed by atoms with Crippen LogP contribution < -0.4 is 0 Å². The van der Waals surface area contributed by atoms with E-state index in [1.807, 2.05) is 0 Å². The lowest BCUT2D eigenvalue weighted by molar-refractivity contribution is 0.243. The van der Waals surface area contributed by atoms with Crippen molar-refractivity contribution in [2.24, 2.45) is 16.7 Å². The third-order valence-corrected chi connectivity index (χ3v) is 2.78. The fraction of sp³-hybridized carbons (Fsp3) is 1.00. The zero-order valence-corrected chi connectivity index (χ0v) is 11.4. The summed E-state index contributed by atoms with van der Waals surface area (Å²) < 4.78 is 0. The Morgan fingerprint density at radius 2 is 1.36 bits per heavy atom. The van der Waals surface area contributed by atoms with Gasteiger partial charge in [-0.2, -0.15) is 0 Å². The second-order valence-electron chi connectivity index (χ2n) is 7.14. The van der Waals surface area contributed by atoms with Crippen molar-refractivity contribution in [3.63, 3.8) is 0 Å². The van der Waals surface area contributed by atoms with Gasteiger partial charge in [0.2, 0.25) is 0 Å². The monoisotopic (exact) mass is 198 g/mol. The highest BCUT2D eigenvalue weighted by Crippen LogP contribution is 2.32. The smallest absolute Gasteiger partial charge is 0.0380 e. The van der Waals surface area contributed by atoms with Crippen LogP contribution >= 0.6 is 0 Å². The van der Waals surface area contributed by atoms with E-state index in [4.69, 9.17) is 0 Å². The van der Waals surface area contributed by atoms with Gasteiger partial charge in [0.1, 0.15) is 0 Å². The van der Waals surface area contributed by atoms with Crippen LogP contribution in [0.2, 0.25) is 0 Å². The van der Waals surface area contributed by atoms with E-state index in [9.17, 15) is 0 Å². The van der Waals surface area contributed by atoms with Crippen LogP contribution in [0, 0.1) is 16.7 Å². The van der Waals surface area contributed by atoms with E-state index in [0.717, 1.165) is 5.92 Å². The van der Waals surface area contributed by atoms with Crippen molar-refractivity contribution in [1.29, 1.82) is 0 Å². The SMILES string of the molecule is CCC(CCC(C)(C)C)CC(C)(C)C. The predicted molar refractivity (Wildman–Crippen MR) is 66.5 cm³/mol. The van der Waals surface area contributed by atoms with Gasteiger partial charge in [-0.3, -0.25) is 0 Å². The quantitative estimate of drug-likeness (QED) is 0.577. The van der Waals surface area contributed by atoms with Crippen molar-refractivity contribution in [3.8, 4) is 0 Å². The van der Waals surface area contributed by atoms with E-state index < -0.39 is 0 Å². The molecule has 0 saturated carbocycles. The molecule has 0 aliphatic rings. The summed E-state index contributed by atoms with van der Waals surface area (Å²) in [4.78, 5) is 0. The molecular formula is C14H30. The first-order valence-corrected chi connectivity index (χ1v) is 6.14. The van der Waals surface area contributed by atoms with Crippen molar-refractivity contribution in [2.75, 3.05) is 0 Å². The van der Waals surface area contributed by atoms with E-state index in [1.165, 1.54) is 25.7 Å². The summed E-state index contributed by atoms with van der Waals surface area (Å²) in [6.07, 6.45) is 5.48. The van der Waals surface area contributed by atoms with E-state index in [1.54, 1.807) is 0 Å². The zero-order chi connectivity index (χ0) is 11.4. The van der Waals surface area contributed by atoms with Crippen LogP contribution in [0.4, 0.5) is 0 Å². The van der Waals surface area contributed by atoms with Crippen molar-refractivity contribution in [1.82, 2.24) is 0 Å². The van der Waals surface area contributed by atoms with Gasteiger partial charge in [-0.1, -0.05) is 54.9 Å². The first-order chi connectivity index (χ1) is 6.14. The molecule has 0 heterocycles. The molecule has 0 rings (SSSR count). The summed E-state index contributed by atoms with van der Waals surface area (Å²) >= 11 is 0. The van der Waals surface area contributed by atoms with Gasteiger partial charge in [0, 0.05) is 0 Å². The molecule has 0 aliphatic carbocycles. The lowest BCUT2D eigenvalue weighted by atomic mass is 9.78. The van der Waals surface area contributed by atoms with Crippen molar-refractivity contribution in [3.05, 3.63) is 0 Å². The molecule has 14 heavy (non-hydrogen) atoms. The normalized spacial score (nSPS) is 15.6. The molecule has 0 aromatic carbocycles. The third-order valence-electron chi connectivity index (χ3n) is 2.78. The second kappa shape index (κ2) is 5.19. The Hall–Kier alpha value is 0. The Morgan fingerprint density at radius 3 is 1.64 bits per heavy atom. The molecule has 0 nitrogen and oxygen atoms in total. The van der Waals surface area contributed by atoms with Crippen molar-refractivity contribution < 1.29 is 0 Å². The molecular weight excluding hydrogens is 168 g/mol. The molecule has 0 fully saturated rings. The molecule has 0 N–H and O–H groups in total. The van der Waals surface area contributed by atoms with E-state index in [-0.39, 0.29) is 0 Å². The third kappa shape index (κ3) is 8.59. The summed E-state index contributed by atoms with van der Waals surface area (Å²) in [7, 11) is 0. The van der Waals surface area contributed by atoms with Gasteiger partial charge in [0.15, 0.2) is 0 Å². The highest BCUT2D eigenvalue weighted by atomic mass is 14.2. The van der Waals surface area contributed by atoms with E-state index in [2.05, 4.69) is 48.5 Å². The molecule has 1 atom stereocenters. The maximum Gasteiger partial charge on any atom is -0.0380 e. The first kappa shape index (κ1) is 14.0. The Balaban J connectivity index is 3.93. The van der Waals surface area contributed by atoms with Gasteiger partial charge in [-0.25, -0.2) is 0 Å². The van der Waals surface area contributed by atoms with Crippen LogP contribution in [0.3, 0.4) is 0 Å². The largest absolute Gasteiger partial charge is 0.0651 e. The topological polar surface area (TPSA) is 0 Å². The minimum absolute atomic E-state index is 0.499. The summed E-state index contributed by atoms with van der Waals surface area (Å²) in [6.45, 7) is 16.4. The summed E-state index contributed by atoms with van der Waals surface area (Å²) in [5, 5.41) is 0. The second-order valence-corrected chi connectivity index (χ2v) is 7.14. The van der Waals surface area contributed by atoms with Crippen molar-refractivity contribution in [2.45, 2.75) is 74.1 Å². The molecule has 0 aromatic rings. The highest BCUT2D eigenvalue weighted by Gasteiger charge is 2.19. The number of rotatable bonds is 4. The average molecular weight is 198 g/mol. The lowest BCUT2D eigenvalue weighted by Crippen LogP contribution is -2.15. The van der Waals surface area contributed by atoms with Crippen LogP contribution in [0.25, 0.3) is 0 Å². The maximum atomic E-state index is 2.35. The molecule has 0 saturated heterocycles. The molecule has 0 aliphatic heterocycles. The van der Waals surface area contributed by atoms with Gasteiger partial charge in [-0.05, 0) is 36.0 Å². The van der Waals surface area contributed by atoms with Crippen LogP contribution in [0.5, 0.6) is 0 Å². The highest BCUT2D eigenvalue weighted by molar-refractivity contribution is 4.71. The standard InChI is InChI=1S/C14H30/c1-8-12(11-14(5,6)7)9-10-13(2,3)4/h12H,8-11H2,1-7H3. The van der Waals surface area contributed by atoms with E-state index >= 15 is 0 Å². The minimum atomic E-state index is 0.499. The fourth-order valence-electron chi connectivity index (χ4n) is 1.95. The Labute approximate surface area is 91.5 Å². The Morgan fingerprint density at radius 1 is 0.857 bits per heavy atom. The molecule has 0 aromatic heterocycles. The summed E-state index contributed by atoms with van der Waals surface area (Å²) in [6, 6.07) is 0. The zero-order valence-electron chi connectivity index (χ0n) is 11.4. The van der Waals surface area contributed by atoms with Gasteiger partial charge >= 0.3 is 0 Å². The maximum absolute atomic E-state index is 2.35. The Bertz CT molecular complexity index is 142. The van der Waals surface area contributed by atoms with Gasteiger partial charge in [-0.15, -0.1) is 0 Å². The Kier molecular flexibility index (Phi) is 5.19. The van der Waals surface area contributed by atoms with Crippen LogP contribution in [-0.4, -0.2) is 0 Å². The van der Waals surface area contributed by atoms with Crippen LogP contribution in [-0.2, 0) is 0 Å². The molecule has 0 radical (unpaired) electrons. The first-order valence-electron chi connectivity index (χ1n) is 6.14. The summed E-state index contributed by atoms with van der Waals surface area (Å²) in [5.41, 5.74) is 1.00. The lowest BCUT2D eigenvalue weighted by Gasteiger charge is -2.27. The fourth-order valence-corrected chi connectivity index (χ4v) is 1.95. The van der Waals surface area contributed by atoms with Gasteiger partial charge < -0.3 is 0 Å². The van der Waals surface area contributed by atoms with Crippen LogP contribution in [0.1, 0.15) is 74.1 Å². The average Bonchev–Trinajstić information content (AvgIpc) is 1.94. The number of hydrogen-bond acceptors (Lipinski definition) is 0. The predicted octanol–water partition coefficient (Wildman–Crippen LogP) is 5.28. The van der Waals surface area contributed by atoms with Crippen LogP contribution in [0.15, 0.2) is 0 Å². The molecule has 0 bridgehead atoms. The van der Waals surface area contributed by atoms with Gasteiger partial charge in [0.05, 0.1) is 0 Å². The van der Waals surface area contributed by atoms with E-state index in [0.29, 0.717) is 10.8 Å². The molecule has 0 heteroatoms. The number of hydrogen-bond donors (Lipinski definition) is 0. The molecule has 0 amide bonds. The molecule has 1 unspecified atom stereocenters.